The maximum atomic E-state index is 13.6. The molecule has 0 N–H and O–H groups in total. The van der Waals surface area contributed by atoms with E-state index in [1.54, 1.807) is 6.92 Å². The van der Waals surface area contributed by atoms with Crippen molar-refractivity contribution in [3.8, 4) is 0 Å². The van der Waals surface area contributed by atoms with E-state index < -0.39 is 55.5 Å². The molecule has 0 aromatic heterocycles. The Balaban J connectivity index is 4.88. The molecule has 0 saturated heterocycles. The van der Waals surface area contributed by atoms with Crippen LogP contribution in [0.5, 0.6) is 0 Å². The van der Waals surface area contributed by atoms with Crippen LogP contribution in [0.15, 0.2) is 0 Å². The molecule has 0 nitrogen and oxygen atoms in total. The lowest BCUT2D eigenvalue weighted by Gasteiger charge is -2.29. The Bertz CT molecular complexity index is 341. The number of alkyl halides is 9. The van der Waals surface area contributed by atoms with Gasteiger partial charge in [-0.05, 0) is 13.3 Å². The van der Waals surface area contributed by atoms with Crippen molar-refractivity contribution in [2.75, 3.05) is 0 Å². The summed E-state index contributed by atoms with van der Waals surface area (Å²) in [4.78, 5) is 0. The first-order valence-electron chi connectivity index (χ1n) is 7.28. The van der Waals surface area contributed by atoms with Gasteiger partial charge in [0, 0.05) is 6.42 Å². The van der Waals surface area contributed by atoms with Crippen molar-refractivity contribution < 1.29 is 39.5 Å². The molecule has 0 spiro atoms. The second kappa shape index (κ2) is 7.96. The molecule has 0 fully saturated rings. The van der Waals surface area contributed by atoms with Crippen molar-refractivity contribution in [3.05, 3.63) is 0 Å². The van der Waals surface area contributed by atoms with E-state index in [4.69, 9.17) is 0 Å². The Morgan fingerprint density at radius 3 is 1.65 bits per heavy atom. The maximum Gasteiger partial charge on any atom is 0.392 e. The van der Waals surface area contributed by atoms with Gasteiger partial charge in [-0.15, -0.1) is 0 Å². The summed E-state index contributed by atoms with van der Waals surface area (Å²) < 4.78 is 117. The minimum atomic E-state index is -4.94. The van der Waals surface area contributed by atoms with Crippen LogP contribution < -0.4 is 0 Å². The first-order valence-corrected chi connectivity index (χ1v) is 7.28. The highest BCUT2D eigenvalue weighted by atomic mass is 19.4. The number of hydrogen-bond acceptors (Lipinski definition) is 0. The monoisotopic (exact) mass is 360 g/mol. The molecule has 0 aromatic rings. The number of halogens is 9. The first-order chi connectivity index (χ1) is 10.1. The highest BCUT2D eigenvalue weighted by molar-refractivity contribution is 4.84. The van der Waals surface area contributed by atoms with Crippen molar-refractivity contribution in [1.29, 1.82) is 0 Å². The predicted molar refractivity (Wildman–Crippen MR) is 68.1 cm³/mol. The lowest BCUT2D eigenvalue weighted by atomic mass is 9.90. The minimum absolute atomic E-state index is 0.0418. The average Bonchev–Trinajstić information content (AvgIpc) is 2.20. The molecular formula is C14H21F9. The smallest absolute Gasteiger partial charge is 0.207 e. The van der Waals surface area contributed by atoms with E-state index in [-0.39, 0.29) is 13.3 Å². The molecule has 0 saturated carbocycles. The summed E-state index contributed by atoms with van der Waals surface area (Å²) in [7, 11) is 0. The van der Waals surface area contributed by atoms with Crippen LogP contribution in [0, 0.1) is 5.92 Å². The van der Waals surface area contributed by atoms with Gasteiger partial charge in [0.25, 0.3) is 17.8 Å². The second-order valence-corrected chi connectivity index (χ2v) is 6.07. The Morgan fingerprint density at radius 2 is 1.26 bits per heavy atom. The molecule has 1 atom stereocenters. The largest absolute Gasteiger partial charge is 0.392 e. The molecule has 0 bridgehead atoms. The Morgan fingerprint density at radius 1 is 0.739 bits per heavy atom. The average molecular weight is 360 g/mol. The van der Waals surface area contributed by atoms with Crippen LogP contribution >= 0.6 is 0 Å². The molecule has 1 unspecified atom stereocenters. The van der Waals surface area contributed by atoms with E-state index in [9.17, 15) is 39.5 Å². The molecule has 0 aliphatic heterocycles. The van der Waals surface area contributed by atoms with Crippen LogP contribution in [-0.4, -0.2) is 23.9 Å². The third kappa shape index (κ3) is 10.7. The Hall–Kier alpha value is -0.630. The van der Waals surface area contributed by atoms with Gasteiger partial charge in [0.1, 0.15) is 0 Å². The van der Waals surface area contributed by atoms with Gasteiger partial charge < -0.3 is 0 Å². The number of hydrogen-bond donors (Lipinski definition) is 0. The fourth-order valence-corrected chi connectivity index (χ4v) is 2.35. The summed E-state index contributed by atoms with van der Waals surface area (Å²) in [5.74, 6) is -15.1. The van der Waals surface area contributed by atoms with Gasteiger partial charge in [-0.25, -0.2) is 26.3 Å². The van der Waals surface area contributed by atoms with E-state index >= 15 is 0 Å². The Labute approximate surface area is 129 Å². The lowest BCUT2D eigenvalue weighted by Crippen LogP contribution is -2.37. The molecule has 140 valence electrons. The van der Waals surface area contributed by atoms with Crippen molar-refractivity contribution >= 4 is 0 Å². The van der Waals surface area contributed by atoms with Gasteiger partial charge in [0.05, 0.1) is 18.8 Å². The second-order valence-electron chi connectivity index (χ2n) is 6.07. The minimum Gasteiger partial charge on any atom is -0.207 e. The van der Waals surface area contributed by atoms with Crippen LogP contribution in [0.1, 0.15) is 58.8 Å². The van der Waals surface area contributed by atoms with Gasteiger partial charge >= 0.3 is 6.18 Å². The topological polar surface area (TPSA) is 0 Å². The molecule has 0 rings (SSSR count). The van der Waals surface area contributed by atoms with Crippen molar-refractivity contribution in [2.45, 2.75) is 82.7 Å². The molecule has 0 aromatic carbocycles. The van der Waals surface area contributed by atoms with E-state index in [1.165, 1.54) is 0 Å². The molecule has 23 heavy (non-hydrogen) atoms. The summed E-state index contributed by atoms with van der Waals surface area (Å²) in [5, 5.41) is 0. The van der Waals surface area contributed by atoms with Crippen LogP contribution in [0.25, 0.3) is 0 Å². The predicted octanol–water partition coefficient (Wildman–Crippen LogP) is 6.84. The molecule has 0 amide bonds. The zero-order valence-corrected chi connectivity index (χ0v) is 12.9. The van der Waals surface area contributed by atoms with Gasteiger partial charge in [-0.2, -0.15) is 13.2 Å². The molecule has 0 aliphatic rings. The third-order valence-corrected chi connectivity index (χ3v) is 3.25. The molecular weight excluding hydrogens is 339 g/mol. The standard InChI is InChI=1S/C14H21F9/c1-3-4-5-6-10(14(21,22)23)7-12(17,18)9-13(19,20)8-11(2,15)16/h10H,3-9H2,1-2H3. The number of unbranched alkanes of at least 4 members (excludes halogenated alkanes) is 2. The molecule has 0 heterocycles. The summed E-state index contributed by atoms with van der Waals surface area (Å²) in [6.45, 7) is 1.85. The zero-order valence-electron chi connectivity index (χ0n) is 12.9. The fourth-order valence-electron chi connectivity index (χ4n) is 2.35. The van der Waals surface area contributed by atoms with Crippen molar-refractivity contribution in [2.24, 2.45) is 5.92 Å². The Kier molecular flexibility index (Phi) is 7.74. The summed E-state index contributed by atoms with van der Waals surface area (Å²) in [5.41, 5.74) is 0. The van der Waals surface area contributed by atoms with Gasteiger partial charge in [-0.1, -0.05) is 26.2 Å². The van der Waals surface area contributed by atoms with Crippen LogP contribution in [0.2, 0.25) is 0 Å². The quantitative estimate of drug-likeness (QED) is 0.295. The SMILES string of the molecule is CCCCCC(CC(F)(F)CC(F)(F)CC(C)(F)F)C(F)(F)F. The zero-order chi connectivity index (χ0) is 18.5. The lowest BCUT2D eigenvalue weighted by molar-refractivity contribution is -0.209. The van der Waals surface area contributed by atoms with E-state index in [0.717, 1.165) is 0 Å². The third-order valence-electron chi connectivity index (χ3n) is 3.25. The number of rotatable bonds is 10. The summed E-state index contributed by atoms with van der Waals surface area (Å²) in [6, 6.07) is 0. The molecule has 0 aliphatic carbocycles. The maximum absolute atomic E-state index is 13.6. The summed E-state index contributed by atoms with van der Waals surface area (Å²) >= 11 is 0. The highest BCUT2D eigenvalue weighted by Crippen LogP contribution is 2.44. The normalized spacial score (nSPS) is 15.8. The fraction of sp³-hybridized carbons (Fsp3) is 1.00. The van der Waals surface area contributed by atoms with Crippen LogP contribution in [0.4, 0.5) is 39.5 Å². The first kappa shape index (κ1) is 22.4. The van der Waals surface area contributed by atoms with Crippen LogP contribution in [-0.2, 0) is 0 Å². The van der Waals surface area contributed by atoms with Crippen LogP contribution in [0.3, 0.4) is 0 Å². The molecule has 9 heteroatoms. The van der Waals surface area contributed by atoms with Crippen molar-refractivity contribution in [3.63, 3.8) is 0 Å². The van der Waals surface area contributed by atoms with E-state index in [1.807, 2.05) is 0 Å². The highest BCUT2D eigenvalue weighted by Gasteiger charge is 2.51. The summed E-state index contributed by atoms with van der Waals surface area (Å²) in [6.07, 6.45) is -10.8. The van der Waals surface area contributed by atoms with Gasteiger partial charge in [-0.3, -0.25) is 0 Å². The van der Waals surface area contributed by atoms with Gasteiger partial charge in [0.15, 0.2) is 0 Å². The van der Waals surface area contributed by atoms with E-state index in [0.29, 0.717) is 12.8 Å². The molecule has 0 radical (unpaired) electrons. The van der Waals surface area contributed by atoms with Gasteiger partial charge in [0.2, 0.25) is 0 Å². The van der Waals surface area contributed by atoms with Crippen molar-refractivity contribution in [1.82, 2.24) is 0 Å². The van der Waals surface area contributed by atoms with E-state index in [2.05, 4.69) is 0 Å².